The van der Waals surface area contributed by atoms with Crippen molar-refractivity contribution in [3.8, 4) is 5.75 Å². The van der Waals surface area contributed by atoms with Crippen LogP contribution in [-0.2, 0) is 4.74 Å². The number of aromatic carboxylic acids is 1. The Bertz CT molecular complexity index is 561. The Labute approximate surface area is 136 Å². The van der Waals surface area contributed by atoms with Gasteiger partial charge in [-0.1, -0.05) is 0 Å². The number of carbonyl (C=O) groups excluding carboxylic acids is 1. The number of hydrogen-bond donors (Lipinski definition) is 1. The van der Waals surface area contributed by atoms with Gasteiger partial charge in [-0.2, -0.15) is 0 Å². The number of amides is 1. The largest absolute Gasteiger partial charge is 0.491 e. The first kappa shape index (κ1) is 17.1. The molecular weight excluding hydrogens is 298 g/mol. The lowest BCUT2D eigenvalue weighted by atomic mass is 10.2. The van der Waals surface area contributed by atoms with Crippen molar-refractivity contribution in [3.63, 3.8) is 0 Å². The predicted molar refractivity (Wildman–Crippen MR) is 84.9 cm³/mol. The molecule has 2 rings (SSSR count). The molecule has 1 amide bonds. The van der Waals surface area contributed by atoms with Crippen LogP contribution >= 0.6 is 0 Å². The van der Waals surface area contributed by atoms with Crippen LogP contribution in [0.1, 0.15) is 44.0 Å². The lowest BCUT2D eigenvalue weighted by Crippen LogP contribution is -2.42. The van der Waals surface area contributed by atoms with Crippen LogP contribution in [0.2, 0.25) is 0 Å². The number of ether oxygens (including phenoxy) is 2. The Kier molecular flexibility index (Phi) is 5.13. The minimum Gasteiger partial charge on any atom is -0.491 e. The predicted octanol–water partition coefficient (Wildman–Crippen LogP) is 3.16. The summed E-state index contributed by atoms with van der Waals surface area (Å²) >= 11 is 0. The van der Waals surface area contributed by atoms with Crippen LogP contribution < -0.4 is 4.74 Å². The summed E-state index contributed by atoms with van der Waals surface area (Å²) in [5.41, 5.74) is -0.300. The molecule has 23 heavy (non-hydrogen) atoms. The first-order chi connectivity index (χ1) is 10.8. The number of benzene rings is 1. The van der Waals surface area contributed by atoms with E-state index in [1.165, 1.54) is 12.1 Å². The average Bonchev–Trinajstić information content (AvgIpc) is 2.92. The Balaban J connectivity index is 1.91. The fourth-order valence-electron chi connectivity index (χ4n) is 2.46. The molecule has 0 saturated carbocycles. The molecule has 1 N–H and O–H groups in total. The van der Waals surface area contributed by atoms with Gasteiger partial charge < -0.3 is 19.5 Å². The third-order valence-corrected chi connectivity index (χ3v) is 3.55. The Hall–Kier alpha value is -2.24. The van der Waals surface area contributed by atoms with E-state index in [2.05, 4.69) is 0 Å². The first-order valence-corrected chi connectivity index (χ1v) is 7.72. The molecule has 1 saturated heterocycles. The summed E-state index contributed by atoms with van der Waals surface area (Å²) in [5.74, 6) is -0.380. The van der Waals surface area contributed by atoms with E-state index >= 15 is 0 Å². The minimum absolute atomic E-state index is 0.0241. The maximum atomic E-state index is 12.2. The molecule has 0 aliphatic carbocycles. The SMILES string of the molecule is CC(C)(C)OC(=O)N1CCCC1COc1ccc(C(=O)O)cc1. The van der Waals surface area contributed by atoms with Gasteiger partial charge in [-0.15, -0.1) is 0 Å². The normalized spacial score (nSPS) is 17.9. The van der Waals surface area contributed by atoms with Gasteiger partial charge in [0, 0.05) is 6.54 Å². The van der Waals surface area contributed by atoms with Gasteiger partial charge in [-0.05, 0) is 57.9 Å². The number of likely N-dealkylation sites (tertiary alicyclic amines) is 1. The van der Waals surface area contributed by atoms with Crippen LogP contribution in [0.3, 0.4) is 0 Å². The van der Waals surface area contributed by atoms with Crippen molar-refractivity contribution in [1.82, 2.24) is 4.90 Å². The summed E-state index contributed by atoms with van der Waals surface area (Å²) in [6.45, 7) is 6.57. The van der Waals surface area contributed by atoms with Gasteiger partial charge in [0.05, 0.1) is 11.6 Å². The van der Waals surface area contributed by atoms with Crippen LogP contribution in [0.25, 0.3) is 0 Å². The molecule has 1 heterocycles. The fraction of sp³-hybridized carbons (Fsp3) is 0.529. The third kappa shape index (κ3) is 4.87. The minimum atomic E-state index is -0.969. The first-order valence-electron chi connectivity index (χ1n) is 7.72. The van der Waals surface area contributed by atoms with Gasteiger partial charge in [-0.3, -0.25) is 0 Å². The summed E-state index contributed by atoms with van der Waals surface area (Å²) in [6, 6.07) is 6.21. The van der Waals surface area contributed by atoms with Crippen molar-refractivity contribution in [1.29, 1.82) is 0 Å². The van der Waals surface area contributed by atoms with Gasteiger partial charge in [0.2, 0.25) is 0 Å². The zero-order valence-electron chi connectivity index (χ0n) is 13.7. The lowest BCUT2D eigenvalue weighted by Gasteiger charge is -2.28. The second kappa shape index (κ2) is 6.89. The summed E-state index contributed by atoms with van der Waals surface area (Å²) < 4.78 is 11.1. The van der Waals surface area contributed by atoms with E-state index in [9.17, 15) is 9.59 Å². The van der Waals surface area contributed by atoms with E-state index in [1.807, 2.05) is 20.8 Å². The molecule has 1 fully saturated rings. The van der Waals surface area contributed by atoms with Crippen molar-refractivity contribution in [3.05, 3.63) is 29.8 Å². The van der Waals surface area contributed by atoms with Crippen molar-refractivity contribution >= 4 is 12.1 Å². The summed E-state index contributed by atoms with van der Waals surface area (Å²) in [5, 5.41) is 8.87. The highest BCUT2D eigenvalue weighted by Gasteiger charge is 2.32. The molecule has 0 spiro atoms. The Morgan fingerprint density at radius 3 is 2.48 bits per heavy atom. The molecule has 1 unspecified atom stereocenters. The Morgan fingerprint density at radius 1 is 1.26 bits per heavy atom. The molecule has 1 aromatic rings. The summed E-state index contributed by atoms with van der Waals surface area (Å²) in [4.78, 5) is 24.7. The van der Waals surface area contributed by atoms with E-state index in [4.69, 9.17) is 14.6 Å². The monoisotopic (exact) mass is 321 g/mol. The van der Waals surface area contributed by atoms with Crippen LogP contribution in [0.4, 0.5) is 4.79 Å². The average molecular weight is 321 g/mol. The number of rotatable bonds is 4. The molecule has 1 aliphatic heterocycles. The topological polar surface area (TPSA) is 76.1 Å². The van der Waals surface area contributed by atoms with Crippen molar-refractivity contribution in [2.24, 2.45) is 0 Å². The van der Waals surface area contributed by atoms with Gasteiger partial charge >= 0.3 is 12.1 Å². The quantitative estimate of drug-likeness (QED) is 0.922. The second-order valence-electron chi connectivity index (χ2n) is 6.61. The summed E-state index contributed by atoms with van der Waals surface area (Å²) in [7, 11) is 0. The number of carboxylic acid groups (broad SMARTS) is 1. The number of hydrogen-bond acceptors (Lipinski definition) is 4. The van der Waals surface area contributed by atoms with Crippen LogP contribution in [0.15, 0.2) is 24.3 Å². The maximum absolute atomic E-state index is 12.2. The second-order valence-corrected chi connectivity index (χ2v) is 6.61. The van der Waals surface area contributed by atoms with Gasteiger partial charge in [0.25, 0.3) is 0 Å². The lowest BCUT2D eigenvalue weighted by molar-refractivity contribution is 0.0187. The van der Waals surface area contributed by atoms with Gasteiger partial charge in [-0.25, -0.2) is 9.59 Å². The zero-order chi connectivity index (χ0) is 17.0. The van der Waals surface area contributed by atoms with E-state index in [0.717, 1.165) is 12.8 Å². The molecular formula is C17H23NO5. The van der Waals surface area contributed by atoms with Crippen LogP contribution in [0, 0.1) is 0 Å². The molecule has 1 aliphatic rings. The fourth-order valence-corrected chi connectivity index (χ4v) is 2.46. The van der Waals surface area contributed by atoms with Crippen LogP contribution in [-0.4, -0.2) is 46.9 Å². The highest BCUT2D eigenvalue weighted by Crippen LogP contribution is 2.22. The highest BCUT2D eigenvalue weighted by atomic mass is 16.6. The Morgan fingerprint density at radius 2 is 1.91 bits per heavy atom. The van der Waals surface area contributed by atoms with E-state index in [1.54, 1.807) is 17.0 Å². The smallest absolute Gasteiger partial charge is 0.410 e. The third-order valence-electron chi connectivity index (χ3n) is 3.55. The highest BCUT2D eigenvalue weighted by molar-refractivity contribution is 5.87. The number of carboxylic acids is 1. The van der Waals surface area contributed by atoms with Gasteiger partial charge in [0.15, 0.2) is 0 Å². The van der Waals surface area contributed by atoms with Crippen molar-refractivity contribution in [2.45, 2.75) is 45.3 Å². The van der Waals surface area contributed by atoms with E-state index in [0.29, 0.717) is 18.9 Å². The molecule has 6 heteroatoms. The summed E-state index contributed by atoms with van der Waals surface area (Å²) in [6.07, 6.45) is 1.47. The molecule has 126 valence electrons. The number of nitrogens with zero attached hydrogens (tertiary/aromatic N) is 1. The van der Waals surface area contributed by atoms with Crippen LogP contribution in [0.5, 0.6) is 5.75 Å². The molecule has 6 nitrogen and oxygen atoms in total. The standard InChI is InChI=1S/C17H23NO5/c1-17(2,3)23-16(21)18-10-4-5-13(18)11-22-14-8-6-12(7-9-14)15(19)20/h6-9,13H,4-5,10-11H2,1-3H3,(H,19,20). The molecule has 0 bridgehead atoms. The van der Waals surface area contributed by atoms with Crippen molar-refractivity contribution < 1.29 is 24.2 Å². The number of carbonyl (C=O) groups is 2. The maximum Gasteiger partial charge on any atom is 0.410 e. The van der Waals surface area contributed by atoms with Crippen molar-refractivity contribution in [2.75, 3.05) is 13.2 Å². The van der Waals surface area contributed by atoms with Gasteiger partial charge in [0.1, 0.15) is 18.0 Å². The van der Waals surface area contributed by atoms with E-state index < -0.39 is 11.6 Å². The van der Waals surface area contributed by atoms with E-state index in [-0.39, 0.29) is 17.7 Å². The molecule has 0 radical (unpaired) electrons. The molecule has 0 aromatic heterocycles. The molecule has 1 atom stereocenters. The molecule has 1 aromatic carbocycles. The zero-order valence-corrected chi connectivity index (χ0v) is 13.7.